The fraction of sp³-hybridized carbons (Fsp3) is 0.820. The molecule has 0 fully saturated rings. The molecule has 7 nitrogen and oxygen atoms in total. The number of aliphatic carboxylic acids is 1. The summed E-state index contributed by atoms with van der Waals surface area (Å²) in [5.74, 6) is -1.23. The second-order valence-corrected chi connectivity index (χ2v) is 16.5. The second kappa shape index (κ2) is 44.7. The Hall–Kier alpha value is -2.41. The van der Waals surface area contributed by atoms with Crippen LogP contribution in [-0.2, 0) is 19.1 Å². The Morgan fingerprint density at radius 1 is 0.509 bits per heavy atom. The molecule has 2 atom stereocenters. The highest BCUT2D eigenvalue weighted by atomic mass is 16.5. The third-order valence-electron chi connectivity index (χ3n) is 11.0. The molecule has 332 valence electrons. The van der Waals surface area contributed by atoms with Gasteiger partial charge >= 0.3 is 11.9 Å². The number of carboxylic acids is 1. The Morgan fingerprint density at radius 2 is 0.912 bits per heavy atom. The lowest BCUT2D eigenvalue weighted by Gasteiger charge is -2.18. The lowest BCUT2D eigenvalue weighted by Crippen LogP contribution is -2.40. The van der Waals surface area contributed by atoms with E-state index in [0.29, 0.717) is 32.2 Å². The zero-order chi connectivity index (χ0) is 41.7. The number of nitrogens with two attached hydrogens (primary N) is 1. The van der Waals surface area contributed by atoms with Crippen molar-refractivity contribution in [3.05, 3.63) is 36.5 Å². The van der Waals surface area contributed by atoms with Gasteiger partial charge in [0.25, 0.3) is 0 Å². The molecule has 0 aliphatic carbocycles. The molecule has 0 saturated carbocycles. The van der Waals surface area contributed by atoms with Gasteiger partial charge in [0.05, 0.1) is 0 Å². The molecule has 0 heterocycles. The largest absolute Gasteiger partial charge is 0.480 e. The zero-order valence-corrected chi connectivity index (χ0v) is 37.4. The number of hydrogen-bond donors (Lipinski definition) is 3. The molecule has 1 amide bonds. The summed E-state index contributed by atoms with van der Waals surface area (Å²) >= 11 is 0. The summed E-state index contributed by atoms with van der Waals surface area (Å²) in [7, 11) is 0. The number of nitrogens with one attached hydrogen (secondary N) is 1. The van der Waals surface area contributed by atoms with Gasteiger partial charge in [-0.15, -0.1) is 0 Å². The highest BCUT2D eigenvalue weighted by Crippen LogP contribution is 2.19. The van der Waals surface area contributed by atoms with Gasteiger partial charge in [0, 0.05) is 12.8 Å². The monoisotopic (exact) mass is 801 g/mol. The quantitative estimate of drug-likeness (QED) is 0.0321. The van der Waals surface area contributed by atoms with Crippen molar-refractivity contribution < 1.29 is 24.2 Å². The molecule has 4 N–H and O–H groups in total. The summed E-state index contributed by atoms with van der Waals surface area (Å²) in [6, 6.07) is -0.856. The van der Waals surface area contributed by atoms with Gasteiger partial charge in [-0.05, 0) is 96.4 Å². The third-order valence-corrected chi connectivity index (χ3v) is 11.0. The van der Waals surface area contributed by atoms with Crippen LogP contribution in [0.25, 0.3) is 0 Å². The Balaban J connectivity index is 4.11. The standard InChI is InChI=1S/C50H92N2O5/c1-3-5-7-9-11-13-14-15-16-17-18-19-20-21-22-23-24-25-26-27-29-34-38-44-49(54)57-46(40-35-31-28-12-10-8-6-4-2)41-36-32-30-33-37-43-48(53)52-47(50(55)56)42-39-45-51/h14-15,17-18,20-21,46-47H,3-13,16,19,22-45,51H2,1-2H3,(H,52,53)(H,55,56)/b15-14-,18-17-,21-20-. The van der Waals surface area contributed by atoms with E-state index in [1.54, 1.807) is 0 Å². The van der Waals surface area contributed by atoms with Gasteiger partial charge in [0.15, 0.2) is 0 Å². The first-order valence-corrected chi connectivity index (χ1v) is 24.3. The fourth-order valence-electron chi connectivity index (χ4n) is 7.28. The van der Waals surface area contributed by atoms with Crippen LogP contribution in [0.3, 0.4) is 0 Å². The summed E-state index contributed by atoms with van der Waals surface area (Å²) in [5.41, 5.74) is 5.49. The van der Waals surface area contributed by atoms with Gasteiger partial charge in [-0.2, -0.15) is 0 Å². The number of allylic oxidation sites excluding steroid dienone is 6. The predicted molar refractivity (Wildman–Crippen MR) is 243 cm³/mol. The molecule has 0 rings (SSSR count). The Morgan fingerprint density at radius 3 is 1.37 bits per heavy atom. The van der Waals surface area contributed by atoms with Crippen LogP contribution in [0.4, 0.5) is 0 Å². The molecule has 0 spiro atoms. The van der Waals surface area contributed by atoms with Crippen LogP contribution in [0.15, 0.2) is 36.5 Å². The number of amides is 1. The lowest BCUT2D eigenvalue weighted by atomic mass is 10.0. The van der Waals surface area contributed by atoms with Crippen LogP contribution >= 0.6 is 0 Å². The topological polar surface area (TPSA) is 119 Å². The van der Waals surface area contributed by atoms with E-state index in [4.69, 9.17) is 10.5 Å². The van der Waals surface area contributed by atoms with E-state index < -0.39 is 12.0 Å². The number of rotatable bonds is 44. The van der Waals surface area contributed by atoms with Crippen LogP contribution in [0.5, 0.6) is 0 Å². The molecule has 7 heteroatoms. The van der Waals surface area contributed by atoms with Crippen LogP contribution in [0.2, 0.25) is 0 Å². The van der Waals surface area contributed by atoms with Gasteiger partial charge in [-0.1, -0.05) is 179 Å². The van der Waals surface area contributed by atoms with Gasteiger partial charge in [-0.3, -0.25) is 9.59 Å². The van der Waals surface area contributed by atoms with E-state index >= 15 is 0 Å². The molecule has 0 aromatic carbocycles. The van der Waals surface area contributed by atoms with Crippen LogP contribution in [0.1, 0.15) is 245 Å². The number of carboxylic acid groups (broad SMARTS) is 1. The number of carbonyl (C=O) groups is 3. The summed E-state index contributed by atoms with van der Waals surface area (Å²) in [5, 5.41) is 11.9. The number of carbonyl (C=O) groups excluding carboxylic acids is 2. The molecule has 0 aliphatic rings. The van der Waals surface area contributed by atoms with Crippen molar-refractivity contribution in [1.29, 1.82) is 0 Å². The zero-order valence-electron chi connectivity index (χ0n) is 37.4. The molecule has 0 radical (unpaired) electrons. The molecular weight excluding hydrogens is 709 g/mol. The van der Waals surface area contributed by atoms with E-state index in [1.165, 1.54) is 128 Å². The number of unbranched alkanes of at least 4 members (excludes halogenated alkanes) is 24. The van der Waals surface area contributed by atoms with E-state index in [-0.39, 0.29) is 18.0 Å². The molecule has 57 heavy (non-hydrogen) atoms. The maximum Gasteiger partial charge on any atom is 0.326 e. The average molecular weight is 801 g/mol. The normalized spacial score (nSPS) is 12.9. The van der Waals surface area contributed by atoms with Crippen molar-refractivity contribution in [3.8, 4) is 0 Å². The Bertz CT molecular complexity index is 993. The van der Waals surface area contributed by atoms with E-state index in [2.05, 4.69) is 55.6 Å². The highest BCUT2D eigenvalue weighted by Gasteiger charge is 2.19. The van der Waals surface area contributed by atoms with Crippen LogP contribution in [-0.4, -0.2) is 41.6 Å². The van der Waals surface area contributed by atoms with Gasteiger partial charge in [-0.25, -0.2) is 4.79 Å². The van der Waals surface area contributed by atoms with Crippen molar-refractivity contribution in [2.24, 2.45) is 5.73 Å². The van der Waals surface area contributed by atoms with E-state index in [0.717, 1.165) is 77.0 Å². The van der Waals surface area contributed by atoms with Crippen molar-refractivity contribution in [2.75, 3.05) is 6.54 Å². The summed E-state index contributed by atoms with van der Waals surface area (Å²) in [4.78, 5) is 36.4. The maximum absolute atomic E-state index is 12.8. The van der Waals surface area contributed by atoms with E-state index in [9.17, 15) is 19.5 Å². The van der Waals surface area contributed by atoms with Crippen molar-refractivity contribution >= 4 is 17.8 Å². The number of ether oxygens (including phenoxy) is 1. The first-order valence-electron chi connectivity index (χ1n) is 24.3. The molecular formula is C50H92N2O5. The minimum atomic E-state index is -1.00. The van der Waals surface area contributed by atoms with Gasteiger partial charge in [0.1, 0.15) is 12.1 Å². The fourth-order valence-corrected chi connectivity index (χ4v) is 7.28. The predicted octanol–water partition coefficient (Wildman–Crippen LogP) is 14.2. The maximum atomic E-state index is 12.8. The molecule has 0 aromatic heterocycles. The summed E-state index contributed by atoms with van der Waals surface area (Å²) in [6.07, 6.45) is 53.5. The van der Waals surface area contributed by atoms with Crippen molar-refractivity contribution in [1.82, 2.24) is 5.32 Å². The SMILES string of the molecule is CCCCCCC/C=C\C/C=C\C/C=C\CCCCCCCCCCC(=O)OC(CCCCCCCCCC)CCCCCCCC(=O)NC(CCCN)C(=O)O. The molecule has 0 aliphatic heterocycles. The van der Waals surface area contributed by atoms with Crippen molar-refractivity contribution in [3.63, 3.8) is 0 Å². The number of esters is 1. The minimum absolute atomic E-state index is 0.0121. The summed E-state index contributed by atoms with van der Waals surface area (Å²) < 4.78 is 6.04. The smallest absolute Gasteiger partial charge is 0.326 e. The molecule has 0 aromatic rings. The number of hydrogen-bond acceptors (Lipinski definition) is 5. The van der Waals surface area contributed by atoms with E-state index in [1.807, 2.05) is 0 Å². The van der Waals surface area contributed by atoms with Gasteiger partial charge in [0.2, 0.25) is 5.91 Å². The Labute approximate surface area is 352 Å². The average Bonchev–Trinajstić information content (AvgIpc) is 3.20. The molecule has 2 unspecified atom stereocenters. The molecule has 0 bridgehead atoms. The first kappa shape index (κ1) is 54.6. The van der Waals surface area contributed by atoms with Crippen LogP contribution in [0, 0.1) is 0 Å². The second-order valence-electron chi connectivity index (χ2n) is 16.5. The van der Waals surface area contributed by atoms with Crippen molar-refractivity contribution in [2.45, 2.75) is 257 Å². The molecule has 0 saturated heterocycles. The van der Waals surface area contributed by atoms with Gasteiger partial charge < -0.3 is 20.9 Å². The van der Waals surface area contributed by atoms with Crippen LogP contribution < -0.4 is 11.1 Å². The third kappa shape index (κ3) is 41.5. The minimum Gasteiger partial charge on any atom is -0.480 e. The lowest BCUT2D eigenvalue weighted by molar-refractivity contribution is -0.150. The first-order chi connectivity index (χ1) is 27.9. The summed E-state index contributed by atoms with van der Waals surface area (Å²) in [6.45, 7) is 4.93. The highest BCUT2D eigenvalue weighted by molar-refractivity contribution is 5.83. The Kier molecular flexibility index (Phi) is 42.8.